The number of carbonyl (C=O) groups excluding carboxylic acids is 1. The van der Waals surface area contributed by atoms with E-state index in [1.54, 1.807) is 24.0 Å². The summed E-state index contributed by atoms with van der Waals surface area (Å²) in [6.45, 7) is 2.95. The molecule has 1 saturated heterocycles. The summed E-state index contributed by atoms with van der Waals surface area (Å²) in [6, 6.07) is 7.97. The van der Waals surface area contributed by atoms with Gasteiger partial charge in [-0.2, -0.15) is 5.26 Å². The topological polar surface area (TPSA) is 112 Å². The van der Waals surface area contributed by atoms with Crippen molar-refractivity contribution < 1.29 is 14.1 Å². The number of rotatable bonds is 4. The SMILES string of the molecule is Cc1occc1C(=O)N1CCC(Nc2ccc([N+](=O)[O-])cc2C#N)CC1. The van der Waals surface area contributed by atoms with Crippen molar-refractivity contribution in [2.24, 2.45) is 0 Å². The van der Waals surface area contributed by atoms with E-state index < -0.39 is 4.92 Å². The highest BCUT2D eigenvalue weighted by Gasteiger charge is 2.26. The number of non-ortho nitro benzene ring substituents is 1. The van der Waals surface area contributed by atoms with E-state index in [0.717, 1.165) is 12.8 Å². The molecule has 1 aromatic carbocycles. The summed E-state index contributed by atoms with van der Waals surface area (Å²) < 4.78 is 5.19. The maximum Gasteiger partial charge on any atom is 0.270 e. The van der Waals surface area contributed by atoms with Crippen LogP contribution in [0.25, 0.3) is 0 Å². The van der Waals surface area contributed by atoms with Crippen LogP contribution in [0.1, 0.15) is 34.5 Å². The highest BCUT2D eigenvalue weighted by molar-refractivity contribution is 5.95. The van der Waals surface area contributed by atoms with Crippen molar-refractivity contribution in [3.05, 3.63) is 57.5 Å². The maximum atomic E-state index is 12.5. The predicted molar refractivity (Wildman–Crippen MR) is 93.8 cm³/mol. The number of nitrogens with one attached hydrogen (secondary N) is 1. The van der Waals surface area contributed by atoms with Crippen LogP contribution in [0.2, 0.25) is 0 Å². The lowest BCUT2D eigenvalue weighted by Crippen LogP contribution is -2.42. The van der Waals surface area contributed by atoms with Crippen LogP contribution in [0, 0.1) is 28.4 Å². The number of hydrogen-bond acceptors (Lipinski definition) is 6. The smallest absolute Gasteiger partial charge is 0.270 e. The van der Waals surface area contributed by atoms with Crippen LogP contribution in [-0.4, -0.2) is 34.9 Å². The van der Waals surface area contributed by atoms with Crippen LogP contribution < -0.4 is 5.32 Å². The molecule has 2 aromatic rings. The van der Waals surface area contributed by atoms with Crippen molar-refractivity contribution in [2.45, 2.75) is 25.8 Å². The fourth-order valence-electron chi connectivity index (χ4n) is 3.09. The van der Waals surface area contributed by atoms with Crippen molar-refractivity contribution in [1.82, 2.24) is 4.90 Å². The van der Waals surface area contributed by atoms with Crippen molar-refractivity contribution >= 4 is 17.3 Å². The normalized spacial score (nSPS) is 14.7. The Labute approximate surface area is 150 Å². The van der Waals surface area contributed by atoms with Gasteiger partial charge in [-0.25, -0.2) is 0 Å². The van der Waals surface area contributed by atoms with Crippen LogP contribution in [-0.2, 0) is 0 Å². The Hall–Kier alpha value is -3.34. The molecule has 0 radical (unpaired) electrons. The number of carbonyl (C=O) groups is 1. The van der Waals surface area contributed by atoms with Gasteiger partial charge in [0.1, 0.15) is 11.8 Å². The summed E-state index contributed by atoms with van der Waals surface area (Å²) in [6.07, 6.45) is 2.96. The Morgan fingerprint density at radius 1 is 1.38 bits per heavy atom. The minimum absolute atomic E-state index is 0.0391. The second kappa shape index (κ2) is 7.27. The number of aryl methyl sites for hydroxylation is 1. The Morgan fingerprint density at radius 3 is 2.69 bits per heavy atom. The first-order valence-corrected chi connectivity index (χ1v) is 8.28. The number of furan rings is 1. The quantitative estimate of drug-likeness (QED) is 0.667. The lowest BCUT2D eigenvalue weighted by Gasteiger charge is -2.33. The van der Waals surface area contributed by atoms with E-state index in [-0.39, 0.29) is 23.2 Å². The average Bonchev–Trinajstić information content (AvgIpc) is 3.08. The molecular weight excluding hydrogens is 336 g/mol. The van der Waals surface area contributed by atoms with E-state index in [1.807, 2.05) is 6.07 Å². The third-order valence-electron chi connectivity index (χ3n) is 4.57. The van der Waals surface area contributed by atoms with Crippen LogP contribution in [0.3, 0.4) is 0 Å². The van der Waals surface area contributed by atoms with Gasteiger partial charge < -0.3 is 14.6 Å². The number of hydrogen-bond donors (Lipinski definition) is 1. The van der Waals surface area contributed by atoms with E-state index in [0.29, 0.717) is 30.1 Å². The third-order valence-corrected chi connectivity index (χ3v) is 4.57. The summed E-state index contributed by atoms with van der Waals surface area (Å²) >= 11 is 0. The molecule has 8 heteroatoms. The first kappa shape index (κ1) is 17.5. The fraction of sp³-hybridized carbons (Fsp3) is 0.333. The number of likely N-dealkylation sites (tertiary alicyclic amines) is 1. The number of amides is 1. The molecule has 1 amide bonds. The number of nitro groups is 1. The first-order chi connectivity index (χ1) is 12.5. The van der Waals surface area contributed by atoms with Gasteiger partial charge in [0.25, 0.3) is 11.6 Å². The maximum absolute atomic E-state index is 12.5. The van der Waals surface area contributed by atoms with Crippen LogP contribution in [0.5, 0.6) is 0 Å². The number of benzene rings is 1. The Kier molecular flexibility index (Phi) is 4.89. The van der Waals surface area contributed by atoms with Crippen molar-refractivity contribution in [3.8, 4) is 6.07 Å². The second-order valence-corrected chi connectivity index (χ2v) is 6.20. The molecule has 1 aliphatic rings. The number of piperidine rings is 1. The highest BCUT2D eigenvalue weighted by atomic mass is 16.6. The zero-order chi connectivity index (χ0) is 18.7. The van der Waals surface area contributed by atoms with Crippen LogP contribution in [0.15, 0.2) is 34.9 Å². The summed E-state index contributed by atoms with van der Waals surface area (Å²) in [4.78, 5) is 24.6. The van der Waals surface area contributed by atoms with Gasteiger partial charge in [-0.3, -0.25) is 14.9 Å². The molecule has 1 N–H and O–H groups in total. The molecule has 3 rings (SSSR count). The zero-order valence-electron chi connectivity index (χ0n) is 14.3. The summed E-state index contributed by atoms with van der Waals surface area (Å²) in [5.74, 6) is 0.572. The molecule has 0 unspecified atom stereocenters. The Morgan fingerprint density at radius 2 is 2.12 bits per heavy atom. The van der Waals surface area contributed by atoms with E-state index in [2.05, 4.69) is 5.32 Å². The molecule has 26 heavy (non-hydrogen) atoms. The number of nitro benzene ring substituents is 1. The largest absolute Gasteiger partial charge is 0.469 e. The summed E-state index contributed by atoms with van der Waals surface area (Å²) in [5, 5.41) is 23.3. The minimum Gasteiger partial charge on any atom is -0.469 e. The van der Waals surface area contributed by atoms with Crippen LogP contribution in [0.4, 0.5) is 11.4 Å². The van der Waals surface area contributed by atoms with Crippen molar-refractivity contribution in [2.75, 3.05) is 18.4 Å². The number of nitrogens with zero attached hydrogens (tertiary/aromatic N) is 3. The molecule has 0 atom stereocenters. The molecule has 2 heterocycles. The molecule has 1 aromatic heterocycles. The van der Waals surface area contributed by atoms with Gasteiger partial charge in [0.05, 0.1) is 28.0 Å². The van der Waals surface area contributed by atoms with Crippen LogP contribution >= 0.6 is 0 Å². The molecule has 1 fully saturated rings. The van der Waals surface area contributed by atoms with Crippen molar-refractivity contribution in [3.63, 3.8) is 0 Å². The van der Waals surface area contributed by atoms with Gasteiger partial charge in [0.2, 0.25) is 0 Å². The van der Waals surface area contributed by atoms with Gasteiger partial charge in [-0.1, -0.05) is 0 Å². The molecule has 0 bridgehead atoms. The number of anilines is 1. The number of nitriles is 1. The third kappa shape index (κ3) is 3.52. The highest BCUT2D eigenvalue weighted by Crippen LogP contribution is 2.25. The first-order valence-electron chi connectivity index (χ1n) is 8.28. The molecule has 0 spiro atoms. The standard InChI is InChI=1S/C18H18N4O4/c1-12-16(6-9-26-12)18(23)21-7-4-14(5-8-21)20-17-3-2-15(22(24)25)10-13(17)11-19/h2-3,6,9-10,14,20H,4-5,7-8H2,1H3. The van der Waals surface area contributed by atoms with Gasteiger partial charge in [0.15, 0.2) is 0 Å². The minimum atomic E-state index is -0.521. The van der Waals surface area contributed by atoms with Gasteiger partial charge in [-0.15, -0.1) is 0 Å². The van der Waals surface area contributed by atoms with E-state index in [9.17, 15) is 20.2 Å². The lowest BCUT2D eigenvalue weighted by molar-refractivity contribution is -0.384. The van der Waals surface area contributed by atoms with Gasteiger partial charge in [0, 0.05) is 31.3 Å². The Bertz CT molecular complexity index is 876. The fourth-order valence-corrected chi connectivity index (χ4v) is 3.09. The predicted octanol–water partition coefficient (Wildman–Crippen LogP) is 3.08. The van der Waals surface area contributed by atoms with Gasteiger partial charge >= 0.3 is 0 Å². The summed E-state index contributed by atoms with van der Waals surface area (Å²) in [7, 11) is 0. The van der Waals surface area contributed by atoms with E-state index in [1.165, 1.54) is 18.4 Å². The molecule has 1 aliphatic heterocycles. The Balaban J connectivity index is 1.63. The monoisotopic (exact) mass is 354 g/mol. The molecular formula is C18H18N4O4. The van der Waals surface area contributed by atoms with E-state index in [4.69, 9.17) is 4.42 Å². The second-order valence-electron chi connectivity index (χ2n) is 6.20. The average molecular weight is 354 g/mol. The molecule has 134 valence electrons. The molecule has 8 nitrogen and oxygen atoms in total. The van der Waals surface area contributed by atoms with Gasteiger partial charge in [-0.05, 0) is 31.9 Å². The molecule has 0 saturated carbocycles. The van der Waals surface area contributed by atoms with E-state index >= 15 is 0 Å². The zero-order valence-corrected chi connectivity index (χ0v) is 14.3. The molecule has 0 aliphatic carbocycles. The van der Waals surface area contributed by atoms with Crippen molar-refractivity contribution in [1.29, 1.82) is 5.26 Å². The summed E-state index contributed by atoms with van der Waals surface area (Å²) in [5.41, 5.74) is 1.29. The lowest BCUT2D eigenvalue weighted by atomic mass is 10.0.